The summed E-state index contributed by atoms with van der Waals surface area (Å²) in [5.41, 5.74) is 2.31. The number of anilines is 2. The lowest BCUT2D eigenvalue weighted by atomic mass is 10.2. The molecular formula is C26H22F3N5O3. The predicted octanol–water partition coefficient (Wildman–Crippen LogP) is 5.32. The lowest BCUT2D eigenvalue weighted by Gasteiger charge is -2.26. The predicted molar refractivity (Wildman–Crippen MR) is 131 cm³/mol. The third kappa shape index (κ3) is 6.13. The highest BCUT2D eigenvalue weighted by molar-refractivity contribution is 5.99. The smallest absolute Gasteiger partial charge is 0.323 e. The summed E-state index contributed by atoms with van der Waals surface area (Å²) < 4.78 is 52.1. The van der Waals surface area contributed by atoms with Crippen LogP contribution in [-0.2, 0) is 11.3 Å². The average molecular weight is 509 g/mol. The average Bonchev–Trinajstić information content (AvgIpc) is 2.88. The standard InChI is InChI=1S/C26H22F3N5O3/c27-20-4-1-16(11-21(20)28)32-26(35)33-17-2-6-25(22(29)12-17)37-19-3-5-23-24(13-19)31-18(14-30-23)15-34-7-9-36-10-8-34/h1-6,11-14H,7-10,15H2,(H2,32,33,35). The SMILES string of the molecule is O=C(Nc1ccc(F)c(F)c1)Nc1ccc(Oc2ccc3ncc(CN4CCOCC4)nc3c2)c(F)c1. The Kier molecular flexibility index (Phi) is 7.15. The molecule has 0 unspecified atom stereocenters. The number of ether oxygens (including phenoxy) is 2. The number of hydrogen-bond donors (Lipinski definition) is 2. The van der Waals surface area contributed by atoms with Crippen molar-refractivity contribution in [1.82, 2.24) is 14.9 Å². The summed E-state index contributed by atoms with van der Waals surface area (Å²) in [6.45, 7) is 3.71. The molecule has 0 atom stereocenters. The number of nitrogens with zero attached hydrogens (tertiary/aromatic N) is 3. The maximum absolute atomic E-state index is 14.7. The fourth-order valence-electron chi connectivity index (χ4n) is 3.81. The third-order valence-electron chi connectivity index (χ3n) is 5.65. The first kappa shape index (κ1) is 24.5. The molecule has 1 aliphatic heterocycles. The Morgan fingerprint density at radius 3 is 2.35 bits per heavy atom. The van der Waals surface area contributed by atoms with Crippen LogP contribution in [-0.4, -0.2) is 47.2 Å². The minimum atomic E-state index is -1.10. The van der Waals surface area contributed by atoms with Crippen molar-refractivity contribution >= 4 is 28.4 Å². The number of aromatic nitrogens is 2. The van der Waals surface area contributed by atoms with Gasteiger partial charge in [0.2, 0.25) is 0 Å². The summed E-state index contributed by atoms with van der Waals surface area (Å²) in [4.78, 5) is 23.5. The first-order valence-corrected chi connectivity index (χ1v) is 11.5. The summed E-state index contributed by atoms with van der Waals surface area (Å²) >= 11 is 0. The van der Waals surface area contributed by atoms with E-state index in [1.54, 1.807) is 24.4 Å². The van der Waals surface area contributed by atoms with Crippen molar-refractivity contribution in [3.05, 3.63) is 83.9 Å². The van der Waals surface area contributed by atoms with Gasteiger partial charge in [-0.25, -0.2) is 22.9 Å². The first-order valence-electron chi connectivity index (χ1n) is 11.5. The van der Waals surface area contributed by atoms with Crippen molar-refractivity contribution < 1.29 is 27.4 Å². The molecule has 1 fully saturated rings. The van der Waals surface area contributed by atoms with E-state index in [-0.39, 0.29) is 17.1 Å². The minimum Gasteiger partial charge on any atom is -0.454 e. The number of amides is 2. The van der Waals surface area contributed by atoms with Gasteiger partial charge in [0.05, 0.1) is 36.1 Å². The molecule has 0 aliphatic carbocycles. The van der Waals surface area contributed by atoms with Gasteiger partial charge >= 0.3 is 6.03 Å². The van der Waals surface area contributed by atoms with Crippen molar-refractivity contribution in [2.75, 3.05) is 36.9 Å². The fraction of sp³-hybridized carbons (Fsp3) is 0.192. The van der Waals surface area contributed by atoms with E-state index in [9.17, 15) is 18.0 Å². The molecule has 37 heavy (non-hydrogen) atoms. The van der Waals surface area contributed by atoms with Crippen molar-refractivity contribution in [2.24, 2.45) is 0 Å². The second-order valence-corrected chi connectivity index (χ2v) is 8.36. The molecule has 1 saturated heterocycles. The zero-order valence-electron chi connectivity index (χ0n) is 19.5. The largest absolute Gasteiger partial charge is 0.454 e. The van der Waals surface area contributed by atoms with Crippen LogP contribution in [0.3, 0.4) is 0 Å². The van der Waals surface area contributed by atoms with Crippen LogP contribution < -0.4 is 15.4 Å². The molecule has 11 heteroatoms. The monoisotopic (exact) mass is 509 g/mol. The summed E-state index contributed by atoms with van der Waals surface area (Å²) in [6, 6.07) is 11.2. The van der Waals surface area contributed by atoms with Crippen LogP contribution in [0, 0.1) is 17.5 Å². The number of hydrogen-bond acceptors (Lipinski definition) is 6. The molecule has 0 radical (unpaired) electrons. The molecule has 0 spiro atoms. The van der Waals surface area contributed by atoms with E-state index in [1.807, 2.05) is 0 Å². The number of halogens is 3. The van der Waals surface area contributed by atoms with Gasteiger partial charge in [-0.05, 0) is 36.4 Å². The molecule has 2 heterocycles. The van der Waals surface area contributed by atoms with Crippen molar-refractivity contribution in [3.63, 3.8) is 0 Å². The Labute approximate surface area is 210 Å². The molecule has 5 rings (SSSR count). The number of carbonyl (C=O) groups is 1. The van der Waals surface area contributed by atoms with Gasteiger partial charge in [0.15, 0.2) is 23.2 Å². The molecule has 4 aromatic rings. The van der Waals surface area contributed by atoms with Gasteiger partial charge in [-0.15, -0.1) is 0 Å². The molecule has 0 bridgehead atoms. The lowest BCUT2D eigenvalue weighted by Crippen LogP contribution is -2.35. The third-order valence-corrected chi connectivity index (χ3v) is 5.65. The number of morpholine rings is 1. The Bertz CT molecular complexity index is 1450. The number of nitrogens with one attached hydrogen (secondary N) is 2. The summed E-state index contributed by atoms with van der Waals surface area (Å²) in [5.74, 6) is -2.52. The second-order valence-electron chi connectivity index (χ2n) is 8.36. The highest BCUT2D eigenvalue weighted by Crippen LogP contribution is 2.28. The molecule has 0 saturated carbocycles. The number of carbonyl (C=O) groups excluding carboxylic acids is 1. The Hall–Kier alpha value is -4.22. The van der Waals surface area contributed by atoms with Gasteiger partial charge < -0.3 is 20.1 Å². The Morgan fingerprint density at radius 2 is 1.62 bits per heavy atom. The molecule has 2 N–H and O–H groups in total. The molecule has 1 aromatic heterocycles. The van der Waals surface area contributed by atoms with Gasteiger partial charge in [0.1, 0.15) is 5.75 Å². The van der Waals surface area contributed by atoms with Crippen LogP contribution in [0.2, 0.25) is 0 Å². The van der Waals surface area contributed by atoms with Crippen LogP contribution in [0.15, 0.2) is 60.8 Å². The zero-order chi connectivity index (χ0) is 25.8. The van der Waals surface area contributed by atoms with Crippen LogP contribution in [0.5, 0.6) is 11.5 Å². The Morgan fingerprint density at radius 1 is 0.892 bits per heavy atom. The van der Waals surface area contributed by atoms with Gasteiger partial charge in [-0.3, -0.25) is 9.88 Å². The van der Waals surface area contributed by atoms with Gasteiger partial charge in [0, 0.05) is 49.2 Å². The van der Waals surface area contributed by atoms with Gasteiger partial charge in [-0.1, -0.05) is 0 Å². The quantitative estimate of drug-likeness (QED) is 0.366. The van der Waals surface area contributed by atoms with E-state index in [0.29, 0.717) is 36.5 Å². The maximum Gasteiger partial charge on any atom is 0.323 e. The number of rotatable bonds is 6. The summed E-state index contributed by atoms with van der Waals surface area (Å²) in [5, 5.41) is 4.78. The first-order chi connectivity index (χ1) is 17.9. The zero-order valence-corrected chi connectivity index (χ0v) is 19.5. The maximum atomic E-state index is 14.7. The van der Waals surface area contributed by atoms with E-state index in [4.69, 9.17) is 9.47 Å². The van der Waals surface area contributed by atoms with Gasteiger partial charge in [-0.2, -0.15) is 0 Å². The van der Waals surface area contributed by atoms with E-state index in [2.05, 4.69) is 25.5 Å². The second kappa shape index (κ2) is 10.8. The minimum absolute atomic E-state index is 0.0457. The van der Waals surface area contributed by atoms with Crippen LogP contribution in [0.1, 0.15) is 5.69 Å². The molecule has 1 aliphatic rings. The topological polar surface area (TPSA) is 88.6 Å². The van der Waals surface area contributed by atoms with Crippen molar-refractivity contribution in [2.45, 2.75) is 6.54 Å². The van der Waals surface area contributed by atoms with Crippen molar-refractivity contribution in [3.8, 4) is 11.5 Å². The highest BCUT2D eigenvalue weighted by atomic mass is 19.2. The van der Waals surface area contributed by atoms with Crippen LogP contribution >= 0.6 is 0 Å². The molecule has 3 aromatic carbocycles. The summed E-state index contributed by atoms with van der Waals surface area (Å²) in [6.07, 6.45) is 1.74. The van der Waals surface area contributed by atoms with Crippen molar-refractivity contribution in [1.29, 1.82) is 0 Å². The van der Waals surface area contributed by atoms with Crippen LogP contribution in [0.4, 0.5) is 29.3 Å². The lowest BCUT2D eigenvalue weighted by molar-refractivity contribution is 0.0336. The number of fused-ring (bicyclic) bond motifs is 1. The molecule has 190 valence electrons. The molecule has 8 nitrogen and oxygen atoms in total. The molecule has 2 amide bonds. The number of urea groups is 1. The van der Waals surface area contributed by atoms with Gasteiger partial charge in [0.25, 0.3) is 0 Å². The molecular weight excluding hydrogens is 487 g/mol. The Balaban J connectivity index is 1.24. The summed E-state index contributed by atoms with van der Waals surface area (Å²) in [7, 11) is 0. The normalized spacial score (nSPS) is 13.9. The van der Waals surface area contributed by atoms with E-state index >= 15 is 0 Å². The van der Waals surface area contributed by atoms with E-state index < -0.39 is 23.5 Å². The van der Waals surface area contributed by atoms with E-state index in [0.717, 1.165) is 37.0 Å². The fourth-order valence-corrected chi connectivity index (χ4v) is 3.81. The van der Waals surface area contributed by atoms with E-state index in [1.165, 1.54) is 18.2 Å². The highest BCUT2D eigenvalue weighted by Gasteiger charge is 2.13. The van der Waals surface area contributed by atoms with Crippen LogP contribution in [0.25, 0.3) is 11.0 Å². The number of benzene rings is 3.